The van der Waals surface area contributed by atoms with Crippen LogP contribution in [0.4, 0.5) is 5.69 Å². The maximum absolute atomic E-state index is 12.9. The monoisotopic (exact) mass is 489 g/mol. The van der Waals surface area contributed by atoms with E-state index >= 15 is 0 Å². The van der Waals surface area contributed by atoms with Gasteiger partial charge in [0.1, 0.15) is 12.1 Å². The van der Waals surface area contributed by atoms with Gasteiger partial charge in [-0.15, -0.1) is 5.10 Å². The molecule has 0 unspecified atom stereocenters. The second-order valence-electron chi connectivity index (χ2n) is 7.02. The molecule has 1 saturated heterocycles. The van der Waals surface area contributed by atoms with Crippen molar-refractivity contribution in [3.05, 3.63) is 54.9 Å². The Balaban J connectivity index is 1.43. The zero-order chi connectivity index (χ0) is 23.3. The van der Waals surface area contributed by atoms with Crippen molar-refractivity contribution in [2.75, 3.05) is 44.5 Å². The number of rotatable bonds is 8. The number of methoxy groups -OCH3 is 1. The number of hydrogen-bond acceptors (Lipinski definition) is 8. The zero-order valence-corrected chi connectivity index (χ0v) is 19.5. The highest BCUT2D eigenvalue weighted by molar-refractivity contribution is 7.99. The molecule has 0 aliphatic carbocycles. The number of carbonyl (C=O) groups is 1. The van der Waals surface area contributed by atoms with Crippen LogP contribution in [-0.4, -0.2) is 72.6 Å². The Labute approximate surface area is 196 Å². The summed E-state index contributed by atoms with van der Waals surface area (Å²) < 4.78 is 39.4. The highest BCUT2D eigenvalue weighted by Gasteiger charge is 2.27. The standard InChI is InChI=1S/C21H23N5O5S2/c1-30-19-8-7-17(33(28,29)25-9-11-31-12-10-25)13-18(19)23-20(27)14-32-21-22-15-26(24-21)16-5-3-2-4-6-16/h2-8,13,15H,9-12,14H2,1H3,(H,23,27). The van der Waals surface area contributed by atoms with Gasteiger partial charge in [0.2, 0.25) is 21.1 Å². The number of anilines is 1. The van der Waals surface area contributed by atoms with Crippen LogP contribution in [0.1, 0.15) is 0 Å². The molecular formula is C21H23N5O5S2. The van der Waals surface area contributed by atoms with Crippen molar-refractivity contribution >= 4 is 33.4 Å². The number of benzene rings is 2. The van der Waals surface area contributed by atoms with E-state index in [4.69, 9.17) is 9.47 Å². The molecule has 174 valence electrons. The van der Waals surface area contributed by atoms with Crippen LogP contribution >= 0.6 is 11.8 Å². The molecule has 0 radical (unpaired) electrons. The Morgan fingerprint density at radius 1 is 1.18 bits per heavy atom. The second-order valence-corrected chi connectivity index (χ2v) is 9.90. The lowest BCUT2D eigenvalue weighted by Crippen LogP contribution is -2.40. The van der Waals surface area contributed by atoms with Crippen molar-refractivity contribution in [1.82, 2.24) is 19.1 Å². The number of hydrogen-bond donors (Lipinski definition) is 1. The van der Waals surface area contributed by atoms with Crippen LogP contribution in [-0.2, 0) is 19.6 Å². The molecule has 1 N–H and O–H groups in total. The van der Waals surface area contributed by atoms with E-state index in [2.05, 4.69) is 15.4 Å². The Kier molecular flexibility index (Phi) is 7.28. The van der Waals surface area contributed by atoms with Crippen LogP contribution in [0.25, 0.3) is 5.69 Å². The fourth-order valence-electron chi connectivity index (χ4n) is 3.22. The van der Waals surface area contributed by atoms with Crippen molar-refractivity contribution in [3.8, 4) is 11.4 Å². The Morgan fingerprint density at radius 3 is 2.67 bits per heavy atom. The number of carbonyl (C=O) groups excluding carboxylic acids is 1. The van der Waals surface area contributed by atoms with E-state index < -0.39 is 10.0 Å². The van der Waals surface area contributed by atoms with E-state index in [0.29, 0.717) is 24.1 Å². The van der Waals surface area contributed by atoms with Crippen molar-refractivity contribution in [1.29, 1.82) is 0 Å². The lowest BCUT2D eigenvalue weighted by Gasteiger charge is -2.26. The molecule has 1 aliphatic rings. The molecule has 1 amide bonds. The maximum atomic E-state index is 12.9. The Bertz CT molecular complexity index is 1210. The normalized spacial score (nSPS) is 14.7. The van der Waals surface area contributed by atoms with Crippen LogP contribution in [0.15, 0.2) is 64.9 Å². The summed E-state index contributed by atoms with van der Waals surface area (Å²) in [6.45, 7) is 1.28. The summed E-state index contributed by atoms with van der Waals surface area (Å²) in [6, 6.07) is 13.9. The zero-order valence-electron chi connectivity index (χ0n) is 17.9. The van der Waals surface area contributed by atoms with E-state index in [-0.39, 0.29) is 35.3 Å². The molecule has 33 heavy (non-hydrogen) atoms. The third kappa shape index (κ3) is 5.53. The van der Waals surface area contributed by atoms with Gasteiger partial charge in [-0.2, -0.15) is 4.31 Å². The van der Waals surface area contributed by atoms with Crippen LogP contribution < -0.4 is 10.1 Å². The third-order valence-corrected chi connectivity index (χ3v) is 7.62. The summed E-state index contributed by atoms with van der Waals surface area (Å²) in [5.74, 6) is 0.0682. The van der Waals surface area contributed by atoms with Gasteiger partial charge in [0, 0.05) is 13.1 Å². The summed E-state index contributed by atoms with van der Waals surface area (Å²) in [5, 5.41) is 7.54. The lowest BCUT2D eigenvalue weighted by molar-refractivity contribution is -0.113. The highest BCUT2D eigenvalue weighted by Crippen LogP contribution is 2.29. The quantitative estimate of drug-likeness (QED) is 0.478. The summed E-state index contributed by atoms with van der Waals surface area (Å²) in [7, 11) is -2.25. The summed E-state index contributed by atoms with van der Waals surface area (Å²) in [4.78, 5) is 16.9. The highest BCUT2D eigenvalue weighted by atomic mass is 32.2. The van der Waals surface area contributed by atoms with E-state index in [1.807, 2.05) is 30.3 Å². The molecule has 10 nitrogen and oxygen atoms in total. The van der Waals surface area contributed by atoms with Gasteiger partial charge in [0.05, 0.1) is 42.3 Å². The SMILES string of the molecule is COc1ccc(S(=O)(=O)N2CCOCC2)cc1NC(=O)CSc1ncn(-c2ccccc2)n1. The number of morpholine rings is 1. The molecule has 1 aromatic heterocycles. The van der Waals surface area contributed by atoms with Crippen molar-refractivity contribution in [3.63, 3.8) is 0 Å². The number of amides is 1. The molecule has 0 bridgehead atoms. The second kappa shape index (κ2) is 10.3. The topological polar surface area (TPSA) is 116 Å². The summed E-state index contributed by atoms with van der Waals surface area (Å²) >= 11 is 1.17. The smallest absolute Gasteiger partial charge is 0.243 e. The maximum Gasteiger partial charge on any atom is 0.243 e. The minimum Gasteiger partial charge on any atom is -0.495 e. The van der Waals surface area contributed by atoms with Crippen LogP contribution in [0.3, 0.4) is 0 Å². The van der Waals surface area contributed by atoms with E-state index in [0.717, 1.165) is 5.69 Å². The van der Waals surface area contributed by atoms with Crippen molar-refractivity contribution < 1.29 is 22.7 Å². The van der Waals surface area contributed by atoms with Gasteiger partial charge in [-0.1, -0.05) is 30.0 Å². The summed E-state index contributed by atoms with van der Waals surface area (Å²) in [6.07, 6.45) is 1.58. The van der Waals surface area contributed by atoms with Gasteiger partial charge < -0.3 is 14.8 Å². The summed E-state index contributed by atoms with van der Waals surface area (Å²) in [5.41, 5.74) is 1.14. The van der Waals surface area contributed by atoms with Gasteiger partial charge in [-0.3, -0.25) is 4.79 Å². The molecule has 3 aromatic rings. The number of aromatic nitrogens is 3. The first kappa shape index (κ1) is 23.2. The molecule has 1 aliphatic heterocycles. The number of sulfonamides is 1. The first-order chi connectivity index (χ1) is 16.0. The number of nitrogens with zero attached hydrogens (tertiary/aromatic N) is 4. The minimum absolute atomic E-state index is 0.0440. The molecule has 2 aromatic carbocycles. The molecule has 4 rings (SSSR count). The van der Waals surface area contributed by atoms with Gasteiger partial charge in [0.25, 0.3) is 0 Å². The number of para-hydroxylation sites is 1. The molecule has 1 fully saturated rings. The van der Waals surface area contributed by atoms with Gasteiger partial charge >= 0.3 is 0 Å². The van der Waals surface area contributed by atoms with Gasteiger partial charge in [0.15, 0.2) is 0 Å². The van der Waals surface area contributed by atoms with E-state index in [1.165, 1.54) is 41.4 Å². The number of nitrogens with one attached hydrogen (secondary N) is 1. The Hall–Kier alpha value is -2.93. The fraction of sp³-hybridized carbons (Fsp3) is 0.286. The van der Waals surface area contributed by atoms with Crippen molar-refractivity contribution in [2.45, 2.75) is 10.1 Å². The predicted octanol–water partition coefficient (Wildman–Crippen LogP) is 2.03. The number of thioether (sulfide) groups is 1. The molecule has 0 saturated carbocycles. The van der Waals surface area contributed by atoms with Crippen LogP contribution in [0, 0.1) is 0 Å². The van der Waals surface area contributed by atoms with E-state index in [9.17, 15) is 13.2 Å². The molecule has 2 heterocycles. The molecule has 0 atom stereocenters. The third-order valence-electron chi connectivity index (χ3n) is 4.88. The van der Waals surface area contributed by atoms with E-state index in [1.54, 1.807) is 11.0 Å². The first-order valence-electron chi connectivity index (χ1n) is 10.1. The average molecular weight is 490 g/mol. The molecular weight excluding hydrogens is 466 g/mol. The number of ether oxygens (including phenoxy) is 2. The van der Waals surface area contributed by atoms with Crippen LogP contribution in [0.5, 0.6) is 5.75 Å². The minimum atomic E-state index is -3.71. The Morgan fingerprint density at radius 2 is 1.94 bits per heavy atom. The van der Waals surface area contributed by atoms with Gasteiger partial charge in [-0.05, 0) is 30.3 Å². The van der Waals surface area contributed by atoms with Crippen molar-refractivity contribution in [2.24, 2.45) is 0 Å². The average Bonchev–Trinajstić information content (AvgIpc) is 3.33. The van der Waals surface area contributed by atoms with Crippen LogP contribution in [0.2, 0.25) is 0 Å². The molecule has 0 spiro atoms. The first-order valence-corrected chi connectivity index (χ1v) is 12.6. The molecule has 12 heteroatoms. The predicted molar refractivity (Wildman–Crippen MR) is 123 cm³/mol. The fourth-order valence-corrected chi connectivity index (χ4v) is 5.25. The van der Waals surface area contributed by atoms with Gasteiger partial charge in [-0.25, -0.2) is 18.1 Å². The lowest BCUT2D eigenvalue weighted by atomic mass is 10.3. The largest absolute Gasteiger partial charge is 0.495 e.